The summed E-state index contributed by atoms with van der Waals surface area (Å²) in [4.78, 5) is 24.3. The normalized spacial score (nSPS) is 14.0. The van der Waals surface area contributed by atoms with Crippen LogP contribution < -0.4 is 10.9 Å². The van der Waals surface area contributed by atoms with Crippen LogP contribution in [0.2, 0.25) is 0 Å². The first-order valence-corrected chi connectivity index (χ1v) is 8.80. The van der Waals surface area contributed by atoms with E-state index in [1.807, 2.05) is 30.3 Å². The third-order valence-electron chi connectivity index (χ3n) is 4.39. The fraction of sp³-hybridized carbons (Fsp3) is 0.350. The molecule has 3 rings (SSSR count). The number of hydrogen-bond acceptors (Lipinski definition) is 3. The van der Waals surface area contributed by atoms with Crippen LogP contribution in [-0.4, -0.2) is 22.2 Å². The van der Waals surface area contributed by atoms with Gasteiger partial charge in [0.1, 0.15) is 5.69 Å². The topological polar surface area (TPSA) is 64.0 Å². The van der Waals surface area contributed by atoms with Crippen LogP contribution in [0.4, 0.5) is 0 Å². The smallest absolute Gasteiger partial charge is 0.271 e. The summed E-state index contributed by atoms with van der Waals surface area (Å²) in [5.41, 5.74) is 2.45. The molecule has 1 aliphatic rings. The number of benzene rings is 1. The number of aromatic nitrogens is 2. The van der Waals surface area contributed by atoms with Crippen molar-refractivity contribution in [2.45, 2.75) is 38.6 Å². The number of allylic oxidation sites excluding steroid dienone is 1. The summed E-state index contributed by atoms with van der Waals surface area (Å²) in [6.07, 6.45) is 7.96. The van der Waals surface area contributed by atoms with Crippen molar-refractivity contribution in [1.82, 2.24) is 15.1 Å². The Morgan fingerprint density at radius 1 is 1.12 bits per heavy atom. The van der Waals surface area contributed by atoms with E-state index < -0.39 is 0 Å². The third-order valence-corrected chi connectivity index (χ3v) is 4.39. The number of carbonyl (C=O) groups is 1. The Morgan fingerprint density at radius 3 is 2.72 bits per heavy atom. The highest BCUT2D eigenvalue weighted by Crippen LogP contribution is 2.19. The van der Waals surface area contributed by atoms with Crippen LogP contribution in [0.1, 0.15) is 48.2 Å². The second kappa shape index (κ2) is 8.42. The molecular weight excluding hydrogens is 314 g/mol. The van der Waals surface area contributed by atoms with Crippen molar-refractivity contribution >= 4 is 5.91 Å². The molecule has 0 fully saturated rings. The molecule has 0 saturated heterocycles. The maximum Gasteiger partial charge on any atom is 0.271 e. The molecule has 1 aromatic heterocycles. The fourth-order valence-electron chi connectivity index (χ4n) is 3.00. The van der Waals surface area contributed by atoms with Crippen LogP contribution in [0.15, 0.2) is 58.9 Å². The number of carbonyl (C=O) groups excluding carboxylic acids is 1. The first-order valence-electron chi connectivity index (χ1n) is 8.80. The second-order valence-electron chi connectivity index (χ2n) is 6.31. The molecule has 130 valence electrons. The van der Waals surface area contributed by atoms with Crippen molar-refractivity contribution in [3.63, 3.8) is 0 Å². The molecule has 25 heavy (non-hydrogen) atoms. The zero-order chi connectivity index (χ0) is 17.5. The molecule has 2 aromatic rings. The Bertz CT molecular complexity index is 809. The Hall–Kier alpha value is -2.69. The molecule has 0 radical (unpaired) electrons. The highest BCUT2D eigenvalue weighted by molar-refractivity contribution is 5.91. The van der Waals surface area contributed by atoms with Crippen LogP contribution in [0.3, 0.4) is 0 Å². The van der Waals surface area contributed by atoms with Gasteiger partial charge in [-0.3, -0.25) is 9.59 Å². The lowest BCUT2D eigenvalue weighted by atomic mass is 9.97. The second-order valence-corrected chi connectivity index (χ2v) is 6.31. The van der Waals surface area contributed by atoms with Gasteiger partial charge < -0.3 is 5.32 Å². The monoisotopic (exact) mass is 337 g/mol. The summed E-state index contributed by atoms with van der Waals surface area (Å²) in [6.45, 7) is 0.956. The summed E-state index contributed by atoms with van der Waals surface area (Å²) in [5, 5.41) is 7.11. The lowest BCUT2D eigenvalue weighted by Gasteiger charge is -2.13. The maximum atomic E-state index is 12.3. The van der Waals surface area contributed by atoms with Crippen LogP contribution in [0.5, 0.6) is 0 Å². The molecule has 0 spiro atoms. The standard InChI is InChI=1S/C20H23N3O2/c24-19-12-11-18(22-23(19)15-17-9-5-2-6-10-17)20(25)21-14-13-16-7-3-1-4-8-16/h2,5-7,9-12H,1,3-4,8,13-15H2,(H,21,25). The van der Waals surface area contributed by atoms with Crippen molar-refractivity contribution in [2.75, 3.05) is 6.54 Å². The van der Waals surface area contributed by atoms with E-state index in [-0.39, 0.29) is 17.2 Å². The predicted octanol–water partition coefficient (Wildman–Crippen LogP) is 2.91. The molecule has 1 aliphatic carbocycles. The fourth-order valence-corrected chi connectivity index (χ4v) is 3.00. The molecule has 1 aromatic carbocycles. The molecular formula is C20H23N3O2. The van der Waals surface area contributed by atoms with Crippen molar-refractivity contribution in [1.29, 1.82) is 0 Å². The number of rotatable bonds is 6. The van der Waals surface area contributed by atoms with Gasteiger partial charge in [-0.25, -0.2) is 4.68 Å². The largest absolute Gasteiger partial charge is 0.350 e. The van der Waals surface area contributed by atoms with Crippen LogP contribution >= 0.6 is 0 Å². The van der Waals surface area contributed by atoms with Gasteiger partial charge in [0.25, 0.3) is 11.5 Å². The van der Waals surface area contributed by atoms with Crippen LogP contribution in [0.25, 0.3) is 0 Å². The highest BCUT2D eigenvalue weighted by Gasteiger charge is 2.10. The minimum Gasteiger partial charge on any atom is -0.350 e. The number of amides is 1. The quantitative estimate of drug-likeness (QED) is 0.824. The minimum absolute atomic E-state index is 0.215. The SMILES string of the molecule is O=C(NCCC1=CCCCC1)c1ccc(=O)n(Cc2ccccc2)n1. The first kappa shape index (κ1) is 17.1. The van der Waals surface area contributed by atoms with E-state index in [0.29, 0.717) is 13.1 Å². The highest BCUT2D eigenvalue weighted by atomic mass is 16.2. The van der Waals surface area contributed by atoms with Crippen molar-refractivity contribution < 1.29 is 4.79 Å². The van der Waals surface area contributed by atoms with Gasteiger partial charge >= 0.3 is 0 Å². The van der Waals surface area contributed by atoms with Gasteiger partial charge in [0.15, 0.2) is 0 Å². The van der Waals surface area contributed by atoms with E-state index in [1.54, 1.807) is 0 Å². The molecule has 1 amide bonds. The first-order chi connectivity index (χ1) is 12.2. The average Bonchev–Trinajstić information content (AvgIpc) is 2.65. The van der Waals surface area contributed by atoms with E-state index in [9.17, 15) is 9.59 Å². The zero-order valence-electron chi connectivity index (χ0n) is 14.3. The van der Waals surface area contributed by atoms with E-state index in [1.165, 1.54) is 35.2 Å². The van der Waals surface area contributed by atoms with Crippen molar-refractivity contribution in [3.8, 4) is 0 Å². The molecule has 0 unspecified atom stereocenters. The van der Waals surface area contributed by atoms with Gasteiger partial charge in [0.05, 0.1) is 6.54 Å². The molecule has 5 nitrogen and oxygen atoms in total. The van der Waals surface area contributed by atoms with Crippen molar-refractivity contribution in [3.05, 3.63) is 75.7 Å². The molecule has 0 saturated carbocycles. The Labute approximate surface area is 147 Å². The van der Waals surface area contributed by atoms with Crippen LogP contribution in [-0.2, 0) is 6.54 Å². The zero-order valence-corrected chi connectivity index (χ0v) is 14.3. The Morgan fingerprint density at radius 2 is 1.96 bits per heavy atom. The summed E-state index contributed by atoms with van der Waals surface area (Å²) >= 11 is 0. The number of hydrogen-bond donors (Lipinski definition) is 1. The lowest BCUT2D eigenvalue weighted by Crippen LogP contribution is -2.30. The van der Waals surface area contributed by atoms with Gasteiger partial charge in [0, 0.05) is 12.6 Å². The molecule has 0 aliphatic heterocycles. The minimum atomic E-state index is -0.238. The summed E-state index contributed by atoms with van der Waals surface area (Å²) < 4.78 is 1.33. The maximum absolute atomic E-state index is 12.3. The summed E-state index contributed by atoms with van der Waals surface area (Å²) in [6, 6.07) is 12.5. The predicted molar refractivity (Wildman–Crippen MR) is 97.5 cm³/mol. The molecule has 0 bridgehead atoms. The Kier molecular flexibility index (Phi) is 5.77. The number of nitrogens with one attached hydrogen (secondary N) is 1. The van der Waals surface area contributed by atoms with E-state index in [4.69, 9.17) is 0 Å². The van der Waals surface area contributed by atoms with E-state index >= 15 is 0 Å². The van der Waals surface area contributed by atoms with Crippen molar-refractivity contribution in [2.24, 2.45) is 0 Å². The third kappa shape index (κ3) is 4.89. The summed E-state index contributed by atoms with van der Waals surface area (Å²) in [5.74, 6) is -0.238. The summed E-state index contributed by atoms with van der Waals surface area (Å²) in [7, 11) is 0. The average molecular weight is 337 g/mol. The van der Waals surface area contributed by atoms with Gasteiger partial charge in [-0.05, 0) is 43.7 Å². The van der Waals surface area contributed by atoms with Gasteiger partial charge in [-0.1, -0.05) is 42.0 Å². The van der Waals surface area contributed by atoms with Gasteiger partial charge in [-0.15, -0.1) is 0 Å². The lowest BCUT2D eigenvalue weighted by molar-refractivity contribution is 0.0946. The molecule has 5 heteroatoms. The molecule has 1 heterocycles. The van der Waals surface area contributed by atoms with Gasteiger partial charge in [0.2, 0.25) is 0 Å². The number of nitrogens with zero attached hydrogens (tertiary/aromatic N) is 2. The Balaban J connectivity index is 1.61. The van der Waals surface area contributed by atoms with E-state index in [0.717, 1.165) is 24.8 Å². The molecule has 0 atom stereocenters. The van der Waals surface area contributed by atoms with E-state index in [2.05, 4.69) is 16.5 Å². The van der Waals surface area contributed by atoms with Gasteiger partial charge in [-0.2, -0.15) is 5.10 Å². The molecule has 1 N–H and O–H groups in total. The van der Waals surface area contributed by atoms with Crippen LogP contribution in [0, 0.1) is 0 Å².